The van der Waals surface area contributed by atoms with Crippen molar-refractivity contribution in [3.63, 3.8) is 0 Å². The SMILES string of the molecule is CCCCC(C)Nc1ccc2c(c1)NC(=O)C(C)O2. The second-order valence-corrected chi connectivity index (χ2v) is 5.15. The lowest BCUT2D eigenvalue weighted by Crippen LogP contribution is -2.34. The van der Waals surface area contributed by atoms with Crippen LogP contribution < -0.4 is 15.4 Å². The largest absolute Gasteiger partial charge is 0.479 e. The summed E-state index contributed by atoms with van der Waals surface area (Å²) in [6, 6.07) is 6.25. The van der Waals surface area contributed by atoms with Crippen LogP contribution in [0.2, 0.25) is 0 Å². The number of carbonyl (C=O) groups is 1. The zero-order valence-electron chi connectivity index (χ0n) is 11.8. The number of amides is 1. The highest BCUT2D eigenvalue weighted by Crippen LogP contribution is 2.32. The van der Waals surface area contributed by atoms with Gasteiger partial charge in [0.05, 0.1) is 5.69 Å². The Morgan fingerprint density at radius 1 is 1.47 bits per heavy atom. The van der Waals surface area contributed by atoms with Crippen molar-refractivity contribution in [1.29, 1.82) is 0 Å². The Bertz CT molecular complexity index is 459. The van der Waals surface area contributed by atoms with E-state index in [0.29, 0.717) is 6.04 Å². The van der Waals surface area contributed by atoms with Crippen LogP contribution in [0.5, 0.6) is 5.75 Å². The zero-order chi connectivity index (χ0) is 13.8. The molecule has 2 N–H and O–H groups in total. The van der Waals surface area contributed by atoms with Crippen molar-refractivity contribution >= 4 is 17.3 Å². The van der Waals surface area contributed by atoms with Crippen LogP contribution in [0, 0.1) is 0 Å². The van der Waals surface area contributed by atoms with Gasteiger partial charge in [0, 0.05) is 11.7 Å². The molecule has 1 aliphatic rings. The normalized spacial score (nSPS) is 19.1. The second kappa shape index (κ2) is 5.95. The zero-order valence-corrected chi connectivity index (χ0v) is 11.8. The predicted octanol–water partition coefficient (Wildman–Crippen LogP) is 3.40. The summed E-state index contributed by atoms with van der Waals surface area (Å²) in [4.78, 5) is 11.6. The lowest BCUT2D eigenvalue weighted by molar-refractivity contribution is -0.122. The van der Waals surface area contributed by atoms with E-state index in [2.05, 4.69) is 24.5 Å². The maximum Gasteiger partial charge on any atom is 0.265 e. The first kappa shape index (κ1) is 13.7. The highest BCUT2D eigenvalue weighted by Gasteiger charge is 2.23. The molecule has 0 aromatic heterocycles. The van der Waals surface area contributed by atoms with Crippen molar-refractivity contribution < 1.29 is 9.53 Å². The number of benzene rings is 1. The predicted molar refractivity (Wildman–Crippen MR) is 77.8 cm³/mol. The molecule has 2 rings (SSSR count). The minimum Gasteiger partial charge on any atom is -0.479 e. The number of hydrogen-bond donors (Lipinski definition) is 2. The Labute approximate surface area is 114 Å². The Kier molecular flexibility index (Phi) is 4.30. The average Bonchev–Trinajstić information content (AvgIpc) is 2.38. The van der Waals surface area contributed by atoms with E-state index in [1.807, 2.05) is 18.2 Å². The van der Waals surface area contributed by atoms with Crippen molar-refractivity contribution in [3.8, 4) is 5.75 Å². The summed E-state index contributed by atoms with van der Waals surface area (Å²) in [7, 11) is 0. The van der Waals surface area contributed by atoms with Crippen LogP contribution in [0.25, 0.3) is 0 Å². The third-order valence-corrected chi connectivity index (χ3v) is 3.31. The Hall–Kier alpha value is -1.71. The van der Waals surface area contributed by atoms with E-state index in [0.717, 1.165) is 23.5 Å². The summed E-state index contributed by atoms with van der Waals surface area (Å²) in [5.41, 5.74) is 1.76. The highest BCUT2D eigenvalue weighted by molar-refractivity contribution is 5.98. The van der Waals surface area contributed by atoms with E-state index < -0.39 is 6.10 Å². The first-order valence-electron chi connectivity index (χ1n) is 6.98. The van der Waals surface area contributed by atoms with E-state index in [9.17, 15) is 4.79 Å². The summed E-state index contributed by atoms with van der Waals surface area (Å²) in [5.74, 6) is 0.641. The van der Waals surface area contributed by atoms with Gasteiger partial charge in [0.15, 0.2) is 6.10 Å². The van der Waals surface area contributed by atoms with Crippen molar-refractivity contribution in [2.75, 3.05) is 10.6 Å². The molecule has 1 aromatic carbocycles. The smallest absolute Gasteiger partial charge is 0.265 e. The van der Waals surface area contributed by atoms with Crippen LogP contribution in [0.4, 0.5) is 11.4 Å². The number of ether oxygens (including phenoxy) is 1. The van der Waals surface area contributed by atoms with Crippen LogP contribution in [-0.4, -0.2) is 18.1 Å². The number of carbonyl (C=O) groups excluding carboxylic acids is 1. The van der Waals surface area contributed by atoms with E-state index in [4.69, 9.17) is 4.74 Å². The first-order chi connectivity index (χ1) is 9.10. The molecule has 1 aromatic rings. The van der Waals surface area contributed by atoms with Crippen LogP contribution in [0.15, 0.2) is 18.2 Å². The Morgan fingerprint density at radius 2 is 2.26 bits per heavy atom. The number of rotatable bonds is 5. The molecule has 0 aliphatic carbocycles. The van der Waals surface area contributed by atoms with Crippen LogP contribution in [0.1, 0.15) is 40.0 Å². The van der Waals surface area contributed by atoms with Crippen LogP contribution in [0.3, 0.4) is 0 Å². The molecule has 0 radical (unpaired) electrons. The van der Waals surface area contributed by atoms with Crippen molar-refractivity contribution in [2.24, 2.45) is 0 Å². The molecule has 4 heteroatoms. The summed E-state index contributed by atoms with van der Waals surface area (Å²) in [6.45, 7) is 6.11. The van der Waals surface area contributed by atoms with Gasteiger partial charge < -0.3 is 15.4 Å². The maximum atomic E-state index is 11.6. The molecular weight excluding hydrogens is 240 g/mol. The quantitative estimate of drug-likeness (QED) is 0.855. The minimum atomic E-state index is -0.421. The van der Waals surface area contributed by atoms with Gasteiger partial charge in [-0.2, -0.15) is 0 Å². The first-order valence-corrected chi connectivity index (χ1v) is 6.98. The van der Waals surface area contributed by atoms with Gasteiger partial charge in [0.2, 0.25) is 0 Å². The van der Waals surface area contributed by atoms with Gasteiger partial charge >= 0.3 is 0 Å². The lowest BCUT2D eigenvalue weighted by Gasteiger charge is -2.24. The molecule has 0 bridgehead atoms. The summed E-state index contributed by atoms with van der Waals surface area (Å²) in [5, 5.41) is 6.31. The van der Waals surface area contributed by atoms with Crippen LogP contribution >= 0.6 is 0 Å². The third kappa shape index (κ3) is 3.40. The van der Waals surface area contributed by atoms with Gasteiger partial charge in [-0.05, 0) is 38.5 Å². The van der Waals surface area contributed by atoms with Gasteiger partial charge in [-0.25, -0.2) is 0 Å². The third-order valence-electron chi connectivity index (χ3n) is 3.31. The van der Waals surface area contributed by atoms with E-state index in [1.54, 1.807) is 6.92 Å². The van der Waals surface area contributed by atoms with E-state index >= 15 is 0 Å². The lowest BCUT2D eigenvalue weighted by atomic mass is 10.1. The minimum absolute atomic E-state index is 0.0938. The molecule has 4 nitrogen and oxygen atoms in total. The summed E-state index contributed by atoms with van der Waals surface area (Å²) in [6.07, 6.45) is 3.15. The fraction of sp³-hybridized carbons (Fsp3) is 0.533. The van der Waals surface area contributed by atoms with Gasteiger partial charge in [0.1, 0.15) is 5.75 Å². The molecule has 0 saturated carbocycles. The van der Waals surface area contributed by atoms with Crippen molar-refractivity contribution in [3.05, 3.63) is 18.2 Å². The van der Waals surface area contributed by atoms with Gasteiger partial charge in [-0.15, -0.1) is 0 Å². The van der Waals surface area contributed by atoms with Gasteiger partial charge in [-0.1, -0.05) is 19.8 Å². The average molecular weight is 262 g/mol. The molecule has 19 heavy (non-hydrogen) atoms. The molecular formula is C15H22N2O2. The second-order valence-electron chi connectivity index (χ2n) is 5.15. The Morgan fingerprint density at radius 3 is 3.00 bits per heavy atom. The molecule has 0 spiro atoms. The number of fused-ring (bicyclic) bond motifs is 1. The van der Waals surface area contributed by atoms with Crippen molar-refractivity contribution in [1.82, 2.24) is 0 Å². The molecule has 1 amide bonds. The fourth-order valence-corrected chi connectivity index (χ4v) is 2.17. The monoisotopic (exact) mass is 262 g/mol. The Balaban J connectivity index is 2.05. The van der Waals surface area contributed by atoms with Crippen molar-refractivity contribution in [2.45, 2.75) is 52.2 Å². The molecule has 1 aliphatic heterocycles. The number of hydrogen-bond acceptors (Lipinski definition) is 3. The highest BCUT2D eigenvalue weighted by atomic mass is 16.5. The summed E-state index contributed by atoms with van der Waals surface area (Å²) >= 11 is 0. The van der Waals surface area contributed by atoms with E-state index in [-0.39, 0.29) is 5.91 Å². The molecule has 2 atom stereocenters. The maximum absolute atomic E-state index is 11.6. The molecule has 2 unspecified atom stereocenters. The number of unbranched alkanes of at least 4 members (excludes halogenated alkanes) is 1. The summed E-state index contributed by atoms with van der Waals surface area (Å²) < 4.78 is 5.53. The van der Waals surface area contributed by atoms with E-state index in [1.165, 1.54) is 12.8 Å². The number of anilines is 2. The fourth-order valence-electron chi connectivity index (χ4n) is 2.17. The molecule has 0 saturated heterocycles. The molecule has 104 valence electrons. The number of nitrogens with one attached hydrogen (secondary N) is 2. The molecule has 0 fully saturated rings. The van der Waals surface area contributed by atoms with Gasteiger partial charge in [0.25, 0.3) is 5.91 Å². The molecule has 1 heterocycles. The topological polar surface area (TPSA) is 50.4 Å². The van der Waals surface area contributed by atoms with Gasteiger partial charge in [-0.3, -0.25) is 4.79 Å². The van der Waals surface area contributed by atoms with Crippen LogP contribution in [-0.2, 0) is 4.79 Å². The standard InChI is InChI=1S/C15H22N2O2/c1-4-5-6-10(2)16-12-7-8-14-13(9-12)17-15(18)11(3)19-14/h7-11,16H,4-6H2,1-3H3,(H,17,18).